The molecule has 0 saturated heterocycles. The number of nitrogens with one attached hydrogen (secondary N) is 2. The van der Waals surface area contributed by atoms with Crippen molar-refractivity contribution in [1.82, 2.24) is 10.6 Å². The number of esters is 1. The molecule has 2 unspecified atom stereocenters. The van der Waals surface area contributed by atoms with Crippen molar-refractivity contribution >= 4 is 43.6 Å². The van der Waals surface area contributed by atoms with E-state index >= 15 is 0 Å². The Kier molecular flexibility index (Phi) is 7.59. The van der Waals surface area contributed by atoms with Crippen LogP contribution in [0.5, 0.6) is 0 Å². The first kappa shape index (κ1) is 22.4. The van der Waals surface area contributed by atoms with Crippen LogP contribution in [0, 0.1) is 0 Å². The van der Waals surface area contributed by atoms with Gasteiger partial charge in [0.2, 0.25) is 0 Å². The number of halogens is 1. The van der Waals surface area contributed by atoms with Crippen LogP contribution in [0.15, 0.2) is 28.7 Å². The first-order chi connectivity index (χ1) is 13.1. The van der Waals surface area contributed by atoms with Crippen LogP contribution < -0.4 is 10.6 Å². The lowest BCUT2D eigenvalue weighted by Crippen LogP contribution is -2.46. The lowest BCUT2D eigenvalue weighted by atomic mass is 10.1. The second kappa shape index (κ2) is 9.51. The van der Waals surface area contributed by atoms with Crippen molar-refractivity contribution in [3.05, 3.63) is 34.3 Å². The maximum absolute atomic E-state index is 12.5. The lowest BCUT2D eigenvalue weighted by Gasteiger charge is -2.20. The molecule has 0 bridgehead atoms. The molecule has 1 fully saturated rings. The molecule has 0 aromatic heterocycles. The molecule has 1 aliphatic carbocycles. The Balaban J connectivity index is 2.06. The average Bonchev–Trinajstić information content (AvgIpc) is 3.41. The number of hydrogen-bond donors (Lipinski definition) is 2. The topological polar surface area (TPSA) is 119 Å². The largest absolute Gasteiger partial charge is 0.451 e. The molecular weight excluding hydrogens is 452 g/mol. The summed E-state index contributed by atoms with van der Waals surface area (Å²) in [5.41, 5.74) is 0.291. The molecule has 0 spiro atoms. The number of carbonyl (C=O) groups is 3. The minimum atomic E-state index is -3.36. The molecule has 8 nitrogen and oxygen atoms in total. The molecule has 1 aromatic rings. The van der Waals surface area contributed by atoms with Crippen LogP contribution in [-0.2, 0) is 24.2 Å². The van der Waals surface area contributed by atoms with Gasteiger partial charge in [0, 0.05) is 16.8 Å². The van der Waals surface area contributed by atoms with Crippen molar-refractivity contribution in [2.75, 3.05) is 12.0 Å². The van der Waals surface area contributed by atoms with E-state index < -0.39 is 39.8 Å². The molecule has 0 radical (unpaired) electrons. The fourth-order valence-corrected chi connectivity index (χ4v) is 3.45. The number of amides is 2. The van der Waals surface area contributed by atoms with Gasteiger partial charge in [-0.15, -0.1) is 0 Å². The van der Waals surface area contributed by atoms with Gasteiger partial charge in [0.1, 0.15) is 15.9 Å². The van der Waals surface area contributed by atoms with E-state index in [1.807, 2.05) is 0 Å². The Labute approximate surface area is 172 Å². The summed E-state index contributed by atoms with van der Waals surface area (Å²) in [5, 5.41) is 5.23. The third-order valence-electron chi connectivity index (χ3n) is 4.07. The predicted octanol–water partition coefficient (Wildman–Crippen LogP) is 1.19. The van der Waals surface area contributed by atoms with Gasteiger partial charge in [-0.2, -0.15) is 0 Å². The summed E-state index contributed by atoms with van der Waals surface area (Å²) in [7, 11) is -3.36. The molecule has 2 atom stereocenters. The van der Waals surface area contributed by atoms with Gasteiger partial charge >= 0.3 is 5.97 Å². The number of hydrogen-bond acceptors (Lipinski definition) is 6. The van der Waals surface area contributed by atoms with E-state index in [0.717, 1.165) is 19.1 Å². The minimum Gasteiger partial charge on any atom is -0.451 e. The molecule has 10 heteroatoms. The Hall–Kier alpha value is -1.94. The maximum atomic E-state index is 12.5. The Morgan fingerprint density at radius 3 is 2.46 bits per heavy atom. The van der Waals surface area contributed by atoms with Crippen LogP contribution in [-0.4, -0.2) is 56.4 Å². The number of rotatable bonds is 9. The highest BCUT2D eigenvalue weighted by Gasteiger charge is 2.30. The molecule has 0 heterocycles. The third-order valence-corrected chi connectivity index (χ3v) is 5.74. The van der Waals surface area contributed by atoms with Crippen molar-refractivity contribution in [2.24, 2.45) is 0 Å². The zero-order chi connectivity index (χ0) is 20.9. The van der Waals surface area contributed by atoms with Gasteiger partial charge in [0.05, 0.1) is 11.3 Å². The van der Waals surface area contributed by atoms with Gasteiger partial charge in [-0.3, -0.25) is 9.59 Å². The first-order valence-corrected chi connectivity index (χ1v) is 11.7. The highest BCUT2D eigenvalue weighted by Crippen LogP contribution is 2.19. The van der Waals surface area contributed by atoms with Crippen LogP contribution in [0.4, 0.5) is 0 Å². The van der Waals surface area contributed by atoms with Crippen molar-refractivity contribution in [2.45, 2.75) is 44.4 Å². The fourth-order valence-electron chi connectivity index (χ4n) is 2.32. The molecule has 1 aromatic carbocycles. The zero-order valence-corrected chi connectivity index (χ0v) is 18.0. The summed E-state index contributed by atoms with van der Waals surface area (Å²) >= 11 is 3.26. The number of ether oxygens (including phenoxy) is 1. The summed E-state index contributed by atoms with van der Waals surface area (Å²) in [6, 6.07) is 5.53. The van der Waals surface area contributed by atoms with Crippen LogP contribution in [0.1, 0.15) is 36.5 Å². The van der Waals surface area contributed by atoms with E-state index in [1.165, 1.54) is 6.92 Å². The fraction of sp³-hybridized carbons (Fsp3) is 0.500. The van der Waals surface area contributed by atoms with Crippen molar-refractivity contribution in [1.29, 1.82) is 0 Å². The van der Waals surface area contributed by atoms with Gasteiger partial charge in [0.15, 0.2) is 6.10 Å². The molecule has 154 valence electrons. The van der Waals surface area contributed by atoms with E-state index in [-0.39, 0.29) is 18.2 Å². The number of sulfone groups is 1. The first-order valence-electron chi connectivity index (χ1n) is 8.81. The normalized spacial score (nSPS) is 16.0. The smallest absolute Gasteiger partial charge is 0.329 e. The van der Waals surface area contributed by atoms with Crippen LogP contribution in [0.2, 0.25) is 0 Å². The van der Waals surface area contributed by atoms with Gasteiger partial charge in [-0.1, -0.05) is 12.1 Å². The van der Waals surface area contributed by atoms with Crippen LogP contribution in [0.3, 0.4) is 0 Å². The number of benzene rings is 1. The zero-order valence-electron chi connectivity index (χ0n) is 15.6. The molecule has 0 aliphatic heterocycles. The Morgan fingerprint density at radius 1 is 1.25 bits per heavy atom. The molecule has 2 rings (SSSR count). The highest BCUT2D eigenvalue weighted by molar-refractivity contribution is 9.10. The highest BCUT2D eigenvalue weighted by atomic mass is 79.9. The lowest BCUT2D eigenvalue weighted by molar-refractivity contribution is -0.156. The van der Waals surface area contributed by atoms with E-state index in [4.69, 9.17) is 4.74 Å². The number of carbonyl (C=O) groups excluding carboxylic acids is 3. The van der Waals surface area contributed by atoms with Gasteiger partial charge in [-0.25, -0.2) is 13.2 Å². The monoisotopic (exact) mass is 474 g/mol. The summed E-state index contributed by atoms with van der Waals surface area (Å²) in [4.78, 5) is 37.0. The molecule has 28 heavy (non-hydrogen) atoms. The Bertz CT molecular complexity index is 853. The quantitative estimate of drug-likeness (QED) is 0.518. The van der Waals surface area contributed by atoms with Crippen molar-refractivity contribution < 1.29 is 27.5 Å². The summed E-state index contributed by atoms with van der Waals surface area (Å²) in [6.45, 7) is 1.43. The maximum Gasteiger partial charge on any atom is 0.329 e. The summed E-state index contributed by atoms with van der Waals surface area (Å²) < 4.78 is 28.7. The summed E-state index contributed by atoms with van der Waals surface area (Å²) in [6.07, 6.45) is 1.62. The Morgan fingerprint density at radius 2 is 1.89 bits per heavy atom. The van der Waals surface area contributed by atoms with Crippen LogP contribution in [0.25, 0.3) is 0 Å². The standard InChI is InChI=1S/C18H23BrN2O6S/c1-11(16(22)20-12-7-8-12)27-18(24)15(9-10-28(2,25)26)21-17(23)13-5-3-4-6-14(13)19/h3-6,11-12,15H,7-10H2,1-2H3,(H,20,22)(H,21,23). The van der Waals surface area contributed by atoms with E-state index in [9.17, 15) is 22.8 Å². The van der Waals surface area contributed by atoms with E-state index in [1.54, 1.807) is 24.3 Å². The molecule has 1 saturated carbocycles. The van der Waals surface area contributed by atoms with E-state index in [0.29, 0.717) is 10.0 Å². The van der Waals surface area contributed by atoms with Crippen molar-refractivity contribution in [3.63, 3.8) is 0 Å². The predicted molar refractivity (Wildman–Crippen MR) is 106 cm³/mol. The SMILES string of the molecule is CC(OC(=O)C(CCS(C)(=O)=O)NC(=O)c1ccccc1Br)C(=O)NC1CC1. The molecule has 1 aliphatic rings. The average molecular weight is 475 g/mol. The third kappa shape index (κ3) is 7.23. The molecular formula is C18H23BrN2O6S. The molecule has 2 N–H and O–H groups in total. The van der Waals surface area contributed by atoms with E-state index in [2.05, 4.69) is 26.6 Å². The van der Waals surface area contributed by atoms with Gasteiger partial charge in [0.25, 0.3) is 11.8 Å². The van der Waals surface area contributed by atoms with Gasteiger partial charge < -0.3 is 15.4 Å². The summed E-state index contributed by atoms with van der Waals surface area (Å²) in [5.74, 6) is -2.15. The van der Waals surface area contributed by atoms with Gasteiger partial charge in [-0.05, 0) is 54.2 Å². The minimum absolute atomic E-state index is 0.116. The second-order valence-corrected chi connectivity index (χ2v) is 9.90. The molecule has 2 amide bonds. The van der Waals surface area contributed by atoms with Crippen LogP contribution >= 0.6 is 15.9 Å². The second-order valence-electron chi connectivity index (χ2n) is 6.79. The van der Waals surface area contributed by atoms with Crippen molar-refractivity contribution in [3.8, 4) is 0 Å².